The highest BCUT2D eigenvalue weighted by Crippen LogP contribution is 2.19. The molecule has 1 aliphatic rings. The first-order valence-electron chi connectivity index (χ1n) is 6.10. The molecule has 0 spiro atoms. The third-order valence-corrected chi connectivity index (χ3v) is 2.76. The topological polar surface area (TPSA) is 55.6 Å². The summed E-state index contributed by atoms with van der Waals surface area (Å²) >= 11 is 0. The van der Waals surface area contributed by atoms with Gasteiger partial charge in [0.2, 0.25) is 0 Å². The van der Waals surface area contributed by atoms with Crippen LogP contribution in [0.1, 0.15) is 33.6 Å². The van der Waals surface area contributed by atoms with Crippen LogP contribution in [0.3, 0.4) is 0 Å². The van der Waals surface area contributed by atoms with Crippen molar-refractivity contribution in [1.29, 1.82) is 0 Å². The van der Waals surface area contributed by atoms with E-state index in [0.717, 1.165) is 32.5 Å². The van der Waals surface area contributed by atoms with Gasteiger partial charge in [-0.2, -0.15) is 0 Å². The molecule has 16 heavy (non-hydrogen) atoms. The van der Waals surface area contributed by atoms with Crippen molar-refractivity contribution in [2.24, 2.45) is 11.7 Å². The van der Waals surface area contributed by atoms with Gasteiger partial charge in [0.15, 0.2) is 0 Å². The maximum atomic E-state index is 11.6. The number of piperidine rings is 1. The van der Waals surface area contributed by atoms with Crippen LogP contribution in [0.4, 0.5) is 0 Å². The van der Waals surface area contributed by atoms with Gasteiger partial charge in [0.25, 0.3) is 0 Å². The Balaban J connectivity index is 2.44. The lowest BCUT2D eigenvalue weighted by atomic mass is 9.96. The van der Waals surface area contributed by atoms with Crippen LogP contribution in [0.15, 0.2) is 0 Å². The lowest BCUT2D eigenvalue weighted by molar-refractivity contribution is -0.150. The molecule has 1 saturated heterocycles. The van der Waals surface area contributed by atoms with Gasteiger partial charge in [-0.1, -0.05) is 0 Å². The standard InChI is InChI=1S/C12H24N2O2/c1-4-16-11(15)10-6-5-7-14(8-10)9-12(2,3)13/h10H,4-9,13H2,1-3H3. The van der Waals surface area contributed by atoms with Gasteiger partial charge in [0, 0.05) is 18.6 Å². The van der Waals surface area contributed by atoms with E-state index in [2.05, 4.69) is 4.90 Å². The van der Waals surface area contributed by atoms with Crippen LogP contribution in [0.25, 0.3) is 0 Å². The predicted octanol–water partition coefficient (Wildman–Crippen LogP) is 0.999. The molecule has 0 amide bonds. The molecule has 0 aromatic heterocycles. The van der Waals surface area contributed by atoms with E-state index in [1.54, 1.807) is 0 Å². The van der Waals surface area contributed by atoms with E-state index in [1.807, 2.05) is 20.8 Å². The normalized spacial score (nSPS) is 23.1. The summed E-state index contributed by atoms with van der Waals surface area (Å²) in [6.45, 7) is 9.01. The zero-order valence-electron chi connectivity index (χ0n) is 10.7. The van der Waals surface area contributed by atoms with Gasteiger partial charge in [-0.25, -0.2) is 0 Å². The molecule has 1 fully saturated rings. The molecule has 4 nitrogen and oxygen atoms in total. The predicted molar refractivity (Wildman–Crippen MR) is 64.1 cm³/mol. The molecule has 0 aliphatic carbocycles. The lowest BCUT2D eigenvalue weighted by Crippen LogP contribution is -2.49. The fourth-order valence-electron chi connectivity index (χ4n) is 2.23. The Labute approximate surface area is 98.1 Å². The molecule has 1 unspecified atom stereocenters. The first kappa shape index (κ1) is 13.5. The Morgan fingerprint density at radius 3 is 2.81 bits per heavy atom. The Morgan fingerprint density at radius 1 is 1.56 bits per heavy atom. The van der Waals surface area contributed by atoms with Crippen LogP contribution < -0.4 is 5.73 Å². The number of likely N-dealkylation sites (tertiary alicyclic amines) is 1. The Bertz CT molecular complexity index is 236. The van der Waals surface area contributed by atoms with Gasteiger partial charge in [-0.15, -0.1) is 0 Å². The molecule has 2 N–H and O–H groups in total. The molecular formula is C12H24N2O2. The van der Waals surface area contributed by atoms with Gasteiger partial charge < -0.3 is 15.4 Å². The third kappa shape index (κ3) is 4.49. The molecule has 1 atom stereocenters. The van der Waals surface area contributed by atoms with Crippen molar-refractivity contribution < 1.29 is 9.53 Å². The van der Waals surface area contributed by atoms with Gasteiger partial charge in [0.1, 0.15) is 0 Å². The molecule has 1 aliphatic heterocycles. The first-order valence-corrected chi connectivity index (χ1v) is 6.10. The largest absolute Gasteiger partial charge is 0.466 e. The van der Waals surface area contributed by atoms with Crippen LogP contribution in [0.2, 0.25) is 0 Å². The van der Waals surface area contributed by atoms with Crippen molar-refractivity contribution in [3.63, 3.8) is 0 Å². The minimum atomic E-state index is -0.198. The minimum Gasteiger partial charge on any atom is -0.466 e. The minimum absolute atomic E-state index is 0.0380. The highest BCUT2D eigenvalue weighted by atomic mass is 16.5. The van der Waals surface area contributed by atoms with Gasteiger partial charge in [-0.05, 0) is 40.2 Å². The average molecular weight is 228 g/mol. The highest BCUT2D eigenvalue weighted by molar-refractivity contribution is 5.72. The van der Waals surface area contributed by atoms with Crippen LogP contribution >= 0.6 is 0 Å². The fourth-order valence-corrected chi connectivity index (χ4v) is 2.23. The Hall–Kier alpha value is -0.610. The third-order valence-electron chi connectivity index (χ3n) is 2.76. The molecule has 0 saturated carbocycles. The van der Waals surface area contributed by atoms with E-state index in [0.29, 0.717) is 6.61 Å². The molecule has 0 aromatic carbocycles. The van der Waals surface area contributed by atoms with Crippen molar-refractivity contribution in [3.8, 4) is 0 Å². The zero-order valence-corrected chi connectivity index (χ0v) is 10.7. The number of nitrogens with zero attached hydrogens (tertiary/aromatic N) is 1. The summed E-state index contributed by atoms with van der Waals surface area (Å²) in [6.07, 6.45) is 2.00. The van der Waals surface area contributed by atoms with Gasteiger partial charge in [-0.3, -0.25) is 4.79 Å². The van der Waals surface area contributed by atoms with Crippen molar-refractivity contribution in [3.05, 3.63) is 0 Å². The summed E-state index contributed by atoms with van der Waals surface area (Å²) in [5.74, 6) is -0.0157. The summed E-state index contributed by atoms with van der Waals surface area (Å²) in [5.41, 5.74) is 5.79. The number of ether oxygens (including phenoxy) is 1. The smallest absolute Gasteiger partial charge is 0.310 e. The number of esters is 1. The van der Waals surface area contributed by atoms with Crippen molar-refractivity contribution in [2.45, 2.75) is 39.2 Å². The summed E-state index contributed by atoms with van der Waals surface area (Å²) in [7, 11) is 0. The van der Waals surface area contributed by atoms with Crippen LogP contribution in [0.5, 0.6) is 0 Å². The molecule has 94 valence electrons. The molecule has 4 heteroatoms. The molecule has 1 heterocycles. The summed E-state index contributed by atoms with van der Waals surface area (Å²) in [5, 5.41) is 0. The second-order valence-corrected chi connectivity index (χ2v) is 5.31. The maximum absolute atomic E-state index is 11.6. The maximum Gasteiger partial charge on any atom is 0.310 e. The number of hydrogen-bond acceptors (Lipinski definition) is 4. The van der Waals surface area contributed by atoms with Crippen LogP contribution in [0, 0.1) is 5.92 Å². The first-order chi connectivity index (χ1) is 7.42. The monoisotopic (exact) mass is 228 g/mol. The van der Waals surface area contributed by atoms with E-state index in [9.17, 15) is 4.79 Å². The SMILES string of the molecule is CCOC(=O)C1CCCN(CC(C)(C)N)C1. The van der Waals surface area contributed by atoms with E-state index >= 15 is 0 Å². The Kier molecular flexibility index (Phi) is 4.74. The van der Waals surface area contributed by atoms with Crippen LogP contribution in [-0.2, 0) is 9.53 Å². The van der Waals surface area contributed by atoms with E-state index in [1.165, 1.54) is 0 Å². The number of rotatable bonds is 4. The second-order valence-electron chi connectivity index (χ2n) is 5.31. The number of carbonyl (C=O) groups excluding carboxylic acids is 1. The molecular weight excluding hydrogens is 204 g/mol. The van der Waals surface area contributed by atoms with E-state index in [4.69, 9.17) is 10.5 Å². The fraction of sp³-hybridized carbons (Fsp3) is 0.917. The van der Waals surface area contributed by atoms with Crippen LogP contribution in [-0.4, -0.2) is 42.6 Å². The lowest BCUT2D eigenvalue weighted by Gasteiger charge is -2.35. The van der Waals surface area contributed by atoms with Crippen molar-refractivity contribution in [2.75, 3.05) is 26.2 Å². The molecule has 1 rings (SSSR count). The van der Waals surface area contributed by atoms with E-state index in [-0.39, 0.29) is 17.4 Å². The van der Waals surface area contributed by atoms with Crippen molar-refractivity contribution in [1.82, 2.24) is 4.90 Å². The zero-order chi connectivity index (χ0) is 12.2. The number of hydrogen-bond donors (Lipinski definition) is 1. The quantitative estimate of drug-likeness (QED) is 0.729. The number of nitrogens with two attached hydrogens (primary N) is 1. The van der Waals surface area contributed by atoms with Crippen molar-refractivity contribution >= 4 is 5.97 Å². The summed E-state index contributed by atoms with van der Waals surface area (Å²) < 4.78 is 5.06. The molecule has 0 radical (unpaired) electrons. The summed E-state index contributed by atoms with van der Waals surface area (Å²) in [4.78, 5) is 13.9. The second kappa shape index (κ2) is 5.64. The Morgan fingerprint density at radius 2 is 2.25 bits per heavy atom. The molecule has 0 bridgehead atoms. The average Bonchev–Trinajstić information content (AvgIpc) is 2.16. The highest BCUT2D eigenvalue weighted by Gasteiger charge is 2.28. The summed E-state index contributed by atoms with van der Waals surface area (Å²) in [6, 6.07) is 0. The molecule has 0 aromatic rings. The number of carbonyl (C=O) groups is 1. The van der Waals surface area contributed by atoms with Gasteiger partial charge in [0.05, 0.1) is 12.5 Å². The van der Waals surface area contributed by atoms with E-state index < -0.39 is 0 Å². The van der Waals surface area contributed by atoms with Gasteiger partial charge >= 0.3 is 5.97 Å².